The third-order valence-corrected chi connectivity index (χ3v) is 5.79. The molecule has 0 saturated carbocycles. The summed E-state index contributed by atoms with van der Waals surface area (Å²) >= 11 is 5.95. The number of hydrogen-bond donors (Lipinski definition) is 0. The zero-order valence-corrected chi connectivity index (χ0v) is 16.4. The molecule has 0 unspecified atom stereocenters. The van der Waals surface area contributed by atoms with Gasteiger partial charge in [-0.15, -0.1) is 20.4 Å². The number of benzene rings is 1. The van der Waals surface area contributed by atoms with Gasteiger partial charge in [-0.1, -0.05) is 23.7 Å². The zero-order chi connectivity index (χ0) is 18.9. The van der Waals surface area contributed by atoms with Crippen LogP contribution in [0.15, 0.2) is 36.4 Å². The SMILES string of the molecule is Clc1ccc(-c2ccc(N3CCN(Cc4nnc5n4CCC5)CC3)nn2)cc1. The number of halogens is 1. The van der Waals surface area contributed by atoms with Crippen LogP contribution in [0.25, 0.3) is 11.3 Å². The molecule has 0 aliphatic carbocycles. The van der Waals surface area contributed by atoms with E-state index in [4.69, 9.17) is 11.6 Å². The molecule has 144 valence electrons. The van der Waals surface area contributed by atoms with Gasteiger partial charge in [0.25, 0.3) is 0 Å². The molecule has 0 atom stereocenters. The van der Waals surface area contributed by atoms with Crippen molar-refractivity contribution in [1.29, 1.82) is 0 Å². The van der Waals surface area contributed by atoms with E-state index in [1.54, 1.807) is 0 Å². The lowest BCUT2D eigenvalue weighted by molar-refractivity contribution is 0.240. The highest BCUT2D eigenvalue weighted by Gasteiger charge is 2.23. The molecule has 0 spiro atoms. The van der Waals surface area contributed by atoms with E-state index >= 15 is 0 Å². The molecule has 2 aromatic heterocycles. The van der Waals surface area contributed by atoms with Crippen molar-refractivity contribution in [1.82, 2.24) is 29.9 Å². The summed E-state index contributed by atoms with van der Waals surface area (Å²) in [6, 6.07) is 11.8. The van der Waals surface area contributed by atoms with Gasteiger partial charge in [0.05, 0.1) is 12.2 Å². The normalized spacial score (nSPS) is 17.1. The summed E-state index contributed by atoms with van der Waals surface area (Å²) in [6.45, 7) is 5.80. The van der Waals surface area contributed by atoms with Crippen molar-refractivity contribution in [3.05, 3.63) is 53.1 Å². The molecule has 0 N–H and O–H groups in total. The largest absolute Gasteiger partial charge is 0.353 e. The molecular formula is C20H22ClN7. The minimum atomic E-state index is 0.724. The summed E-state index contributed by atoms with van der Waals surface area (Å²) in [5.74, 6) is 3.18. The van der Waals surface area contributed by atoms with Gasteiger partial charge in [-0.2, -0.15) is 0 Å². The van der Waals surface area contributed by atoms with Gasteiger partial charge in [0.15, 0.2) is 5.82 Å². The number of rotatable bonds is 4. The predicted octanol–water partition coefficient (Wildman–Crippen LogP) is 2.66. The van der Waals surface area contributed by atoms with Crippen LogP contribution >= 0.6 is 11.6 Å². The van der Waals surface area contributed by atoms with Crippen LogP contribution in [-0.2, 0) is 19.5 Å². The lowest BCUT2D eigenvalue weighted by Gasteiger charge is -2.34. The van der Waals surface area contributed by atoms with Crippen LogP contribution < -0.4 is 4.90 Å². The zero-order valence-electron chi connectivity index (χ0n) is 15.6. The molecule has 1 aromatic carbocycles. The maximum atomic E-state index is 5.95. The van der Waals surface area contributed by atoms with Crippen LogP contribution in [0.4, 0.5) is 5.82 Å². The first-order chi connectivity index (χ1) is 13.8. The Labute approximate surface area is 169 Å². The number of fused-ring (bicyclic) bond motifs is 1. The second-order valence-corrected chi connectivity index (χ2v) is 7.77. The molecule has 5 rings (SSSR count). The number of hydrogen-bond acceptors (Lipinski definition) is 6. The first kappa shape index (κ1) is 17.6. The molecule has 0 amide bonds. The molecule has 28 heavy (non-hydrogen) atoms. The van der Waals surface area contributed by atoms with Crippen molar-refractivity contribution in [2.24, 2.45) is 0 Å². The van der Waals surface area contributed by atoms with Crippen molar-refractivity contribution in [3.63, 3.8) is 0 Å². The Kier molecular flexibility index (Phi) is 4.70. The van der Waals surface area contributed by atoms with Crippen LogP contribution in [-0.4, -0.2) is 56.0 Å². The van der Waals surface area contributed by atoms with Crippen LogP contribution in [0.3, 0.4) is 0 Å². The third-order valence-electron chi connectivity index (χ3n) is 5.54. The van der Waals surface area contributed by atoms with Gasteiger partial charge in [-0.25, -0.2) is 0 Å². The van der Waals surface area contributed by atoms with Crippen molar-refractivity contribution in [3.8, 4) is 11.3 Å². The summed E-state index contributed by atoms with van der Waals surface area (Å²) in [5.41, 5.74) is 1.88. The lowest BCUT2D eigenvalue weighted by atomic mass is 10.1. The maximum absolute atomic E-state index is 5.95. The Hall–Kier alpha value is -2.51. The average Bonchev–Trinajstić information content (AvgIpc) is 3.35. The van der Waals surface area contributed by atoms with Crippen molar-refractivity contribution < 1.29 is 0 Å². The second-order valence-electron chi connectivity index (χ2n) is 7.33. The molecule has 2 aliphatic heterocycles. The number of anilines is 1. The standard InChI is InChI=1S/C20H22ClN7/c21-16-5-3-15(4-6-16)17-7-8-18(23-22-17)27-12-10-26(11-13-27)14-20-25-24-19-2-1-9-28(19)20/h3-8H,1-2,9-14H2. The topological polar surface area (TPSA) is 63.0 Å². The Morgan fingerprint density at radius 3 is 2.39 bits per heavy atom. The van der Waals surface area contributed by atoms with E-state index in [-0.39, 0.29) is 0 Å². The van der Waals surface area contributed by atoms with Gasteiger partial charge in [-0.3, -0.25) is 4.90 Å². The molecule has 3 aromatic rings. The van der Waals surface area contributed by atoms with Crippen molar-refractivity contribution in [2.75, 3.05) is 31.1 Å². The molecule has 7 nitrogen and oxygen atoms in total. The van der Waals surface area contributed by atoms with Gasteiger partial charge < -0.3 is 9.47 Å². The minimum absolute atomic E-state index is 0.724. The fraction of sp³-hybridized carbons (Fsp3) is 0.400. The van der Waals surface area contributed by atoms with E-state index in [0.717, 1.165) is 79.4 Å². The molecular weight excluding hydrogens is 374 g/mol. The molecule has 1 saturated heterocycles. The van der Waals surface area contributed by atoms with Gasteiger partial charge in [-0.05, 0) is 30.7 Å². The maximum Gasteiger partial charge on any atom is 0.151 e. The smallest absolute Gasteiger partial charge is 0.151 e. The Balaban J connectivity index is 1.20. The van der Waals surface area contributed by atoms with E-state index in [0.29, 0.717) is 0 Å². The quantitative estimate of drug-likeness (QED) is 0.676. The van der Waals surface area contributed by atoms with Crippen molar-refractivity contribution >= 4 is 17.4 Å². The van der Waals surface area contributed by atoms with E-state index in [9.17, 15) is 0 Å². The number of nitrogens with zero attached hydrogens (tertiary/aromatic N) is 7. The number of aryl methyl sites for hydroxylation is 1. The van der Waals surface area contributed by atoms with E-state index in [1.807, 2.05) is 30.3 Å². The first-order valence-corrected chi connectivity index (χ1v) is 10.1. The molecule has 0 radical (unpaired) electrons. The average molecular weight is 396 g/mol. The minimum Gasteiger partial charge on any atom is -0.353 e. The molecule has 1 fully saturated rings. The number of piperazine rings is 1. The summed E-state index contributed by atoms with van der Waals surface area (Å²) < 4.78 is 2.29. The fourth-order valence-corrected chi connectivity index (χ4v) is 4.06. The molecule has 4 heterocycles. The predicted molar refractivity (Wildman–Crippen MR) is 108 cm³/mol. The second kappa shape index (κ2) is 7.48. The van der Waals surface area contributed by atoms with Gasteiger partial charge in [0.1, 0.15) is 11.6 Å². The van der Waals surface area contributed by atoms with Gasteiger partial charge in [0, 0.05) is 49.7 Å². The fourth-order valence-electron chi connectivity index (χ4n) is 3.93. The Morgan fingerprint density at radius 2 is 1.64 bits per heavy atom. The van der Waals surface area contributed by atoms with Crippen LogP contribution in [0.2, 0.25) is 5.02 Å². The Morgan fingerprint density at radius 1 is 0.821 bits per heavy atom. The Bertz CT molecular complexity index is 944. The summed E-state index contributed by atoms with van der Waals surface area (Å²) in [6.07, 6.45) is 2.25. The highest BCUT2D eigenvalue weighted by atomic mass is 35.5. The summed E-state index contributed by atoms with van der Waals surface area (Å²) in [7, 11) is 0. The molecule has 0 bridgehead atoms. The van der Waals surface area contributed by atoms with Gasteiger partial charge >= 0.3 is 0 Å². The monoisotopic (exact) mass is 395 g/mol. The summed E-state index contributed by atoms with van der Waals surface area (Å²) in [5, 5.41) is 18.3. The van der Waals surface area contributed by atoms with E-state index in [1.165, 1.54) is 6.42 Å². The van der Waals surface area contributed by atoms with E-state index < -0.39 is 0 Å². The summed E-state index contributed by atoms with van der Waals surface area (Å²) in [4.78, 5) is 4.74. The van der Waals surface area contributed by atoms with Crippen LogP contribution in [0.1, 0.15) is 18.1 Å². The van der Waals surface area contributed by atoms with Crippen molar-refractivity contribution in [2.45, 2.75) is 25.9 Å². The number of aromatic nitrogens is 5. The van der Waals surface area contributed by atoms with Gasteiger partial charge in [0.2, 0.25) is 0 Å². The lowest BCUT2D eigenvalue weighted by Crippen LogP contribution is -2.46. The molecule has 8 heteroatoms. The third kappa shape index (κ3) is 3.47. The van der Waals surface area contributed by atoms with Crippen LogP contribution in [0.5, 0.6) is 0 Å². The highest BCUT2D eigenvalue weighted by molar-refractivity contribution is 6.30. The van der Waals surface area contributed by atoms with E-state index in [2.05, 4.69) is 40.8 Å². The van der Waals surface area contributed by atoms with Crippen LogP contribution in [0, 0.1) is 0 Å². The molecule has 2 aliphatic rings. The highest BCUT2D eigenvalue weighted by Crippen LogP contribution is 2.22. The first-order valence-electron chi connectivity index (χ1n) is 9.74.